The second-order valence-electron chi connectivity index (χ2n) is 12.2. The third kappa shape index (κ3) is 10.4. The lowest BCUT2D eigenvalue weighted by Gasteiger charge is -2.50. The smallest absolute Gasteiger partial charge is 0.407 e. The third-order valence-electron chi connectivity index (χ3n) is 8.99. The number of allylic oxidation sites excluding steroid dienone is 4. The van der Waals surface area contributed by atoms with Gasteiger partial charge in [-0.15, -0.1) is 0 Å². The van der Waals surface area contributed by atoms with Crippen LogP contribution < -0.4 is 10.6 Å². The van der Waals surface area contributed by atoms with Crippen molar-refractivity contribution in [2.45, 2.75) is 50.7 Å². The number of hydrogen-bond acceptors (Lipinski definition) is 6. The van der Waals surface area contributed by atoms with E-state index in [4.69, 9.17) is 4.74 Å². The number of carbonyl (C=O) groups excluding carboxylic acids is 4. The number of hydrazine groups is 1. The molecule has 2 aromatic rings. The van der Waals surface area contributed by atoms with Crippen molar-refractivity contribution in [2.75, 3.05) is 46.4 Å². The topological polar surface area (TPSA) is 115 Å². The van der Waals surface area contributed by atoms with Gasteiger partial charge in [-0.25, -0.2) is 19.6 Å². The first-order valence-electron chi connectivity index (χ1n) is 17.3. The first-order chi connectivity index (χ1) is 24.4. The molecule has 1 saturated heterocycles. The number of nitrogens with one attached hydrogen (secondary N) is 2. The molecule has 0 spiro atoms. The van der Waals surface area contributed by atoms with Crippen LogP contribution in [0.15, 0.2) is 109 Å². The average molecular weight is 683 g/mol. The molecule has 50 heavy (non-hydrogen) atoms. The molecule has 11 heteroatoms. The monoisotopic (exact) mass is 682 g/mol. The fourth-order valence-electron chi connectivity index (χ4n) is 6.29. The number of urea groups is 1. The molecule has 11 nitrogen and oxygen atoms in total. The van der Waals surface area contributed by atoms with Crippen LogP contribution in [-0.2, 0) is 14.3 Å². The molecular weight excluding hydrogens is 632 g/mol. The first-order valence-corrected chi connectivity index (χ1v) is 17.3. The molecule has 2 aromatic carbocycles. The Morgan fingerprint density at radius 1 is 1.06 bits per heavy atom. The number of rotatable bonds is 17. The van der Waals surface area contributed by atoms with E-state index in [0.29, 0.717) is 38.9 Å². The number of benzene rings is 2. The predicted octanol–water partition coefficient (Wildman–Crippen LogP) is 5.22. The van der Waals surface area contributed by atoms with E-state index in [2.05, 4.69) is 47.6 Å². The summed E-state index contributed by atoms with van der Waals surface area (Å²) in [5, 5.41) is 9.05. The molecule has 266 valence electrons. The third-order valence-corrected chi connectivity index (χ3v) is 8.99. The molecule has 1 heterocycles. The molecule has 0 aromatic heterocycles. The largest absolute Gasteiger partial charge is 0.445 e. The maximum absolute atomic E-state index is 14.2. The van der Waals surface area contributed by atoms with Crippen molar-refractivity contribution in [1.29, 1.82) is 0 Å². The highest BCUT2D eigenvalue weighted by molar-refractivity contribution is 5.85. The van der Waals surface area contributed by atoms with Gasteiger partial charge in [0.2, 0.25) is 12.3 Å². The van der Waals surface area contributed by atoms with E-state index in [0.717, 1.165) is 23.1 Å². The van der Waals surface area contributed by atoms with E-state index in [1.807, 2.05) is 67.6 Å². The summed E-state index contributed by atoms with van der Waals surface area (Å²) in [4.78, 5) is 56.3. The highest BCUT2D eigenvalue weighted by Crippen LogP contribution is 2.30. The molecule has 2 aliphatic rings. The van der Waals surface area contributed by atoms with Crippen LogP contribution in [0.1, 0.15) is 49.7 Å². The normalized spacial score (nSPS) is 17.3. The zero-order valence-corrected chi connectivity index (χ0v) is 29.2. The Hall–Kier alpha value is -5.16. The van der Waals surface area contributed by atoms with Gasteiger partial charge in [0.1, 0.15) is 18.8 Å². The van der Waals surface area contributed by atoms with Crippen molar-refractivity contribution in [3.8, 4) is 0 Å². The summed E-state index contributed by atoms with van der Waals surface area (Å²) in [5.41, 5.74) is 3.26. The number of carbonyl (C=O) groups is 4. The number of alkyl carbamates (subject to hydrolysis) is 1. The van der Waals surface area contributed by atoms with Gasteiger partial charge in [-0.3, -0.25) is 9.59 Å². The molecule has 2 atom stereocenters. The zero-order valence-electron chi connectivity index (χ0n) is 29.2. The number of amides is 5. The lowest BCUT2D eigenvalue weighted by Crippen LogP contribution is -2.70. The summed E-state index contributed by atoms with van der Waals surface area (Å²) in [6.45, 7) is 7.16. The highest BCUT2D eigenvalue weighted by Gasteiger charge is 2.44. The molecule has 5 amide bonds. The fourth-order valence-corrected chi connectivity index (χ4v) is 6.29. The Bertz CT molecular complexity index is 1470. The van der Waals surface area contributed by atoms with Crippen LogP contribution >= 0.6 is 0 Å². The van der Waals surface area contributed by atoms with Crippen LogP contribution in [0.25, 0.3) is 0 Å². The zero-order chi connectivity index (χ0) is 35.7. The second kappa shape index (κ2) is 19.7. The Morgan fingerprint density at radius 3 is 2.40 bits per heavy atom. The van der Waals surface area contributed by atoms with Crippen molar-refractivity contribution in [3.63, 3.8) is 0 Å². The molecule has 1 aliphatic carbocycles. The lowest BCUT2D eigenvalue weighted by molar-refractivity contribution is -0.165. The van der Waals surface area contributed by atoms with Crippen molar-refractivity contribution in [3.05, 3.63) is 120 Å². The molecule has 0 saturated carbocycles. The maximum atomic E-state index is 14.2. The SMILES string of the molecule is C=CCOC(=O)NCCC[C@H]1C(=O)N(CCC(c2ccccc2)c2ccccc2)CC(N(C(=O)NCC2=CCC=CC=C2)N(C)CC)N1C=O. The summed E-state index contributed by atoms with van der Waals surface area (Å²) in [6.07, 6.45) is 12.9. The number of piperazine rings is 1. The molecule has 0 bridgehead atoms. The second-order valence-corrected chi connectivity index (χ2v) is 12.2. The summed E-state index contributed by atoms with van der Waals surface area (Å²) < 4.78 is 5.00. The van der Waals surface area contributed by atoms with Gasteiger partial charge in [0.05, 0.1) is 6.54 Å². The van der Waals surface area contributed by atoms with Gasteiger partial charge < -0.3 is 25.2 Å². The predicted molar refractivity (Wildman–Crippen MR) is 195 cm³/mol. The molecule has 1 unspecified atom stereocenters. The minimum Gasteiger partial charge on any atom is -0.445 e. The van der Waals surface area contributed by atoms with Crippen LogP contribution in [0.5, 0.6) is 0 Å². The van der Waals surface area contributed by atoms with E-state index >= 15 is 0 Å². The Labute approximate surface area is 295 Å². The van der Waals surface area contributed by atoms with Crippen LogP contribution in [0, 0.1) is 0 Å². The van der Waals surface area contributed by atoms with Gasteiger partial charge >= 0.3 is 12.1 Å². The number of nitrogens with zero attached hydrogens (tertiary/aromatic N) is 4. The Balaban J connectivity index is 1.60. The summed E-state index contributed by atoms with van der Waals surface area (Å²) in [5.74, 6) is -0.159. The van der Waals surface area contributed by atoms with Gasteiger partial charge in [0.25, 0.3) is 0 Å². The summed E-state index contributed by atoms with van der Waals surface area (Å²) >= 11 is 0. The first kappa shape index (κ1) is 37.7. The van der Waals surface area contributed by atoms with Gasteiger partial charge in [0.15, 0.2) is 0 Å². The van der Waals surface area contributed by atoms with E-state index in [1.54, 1.807) is 22.0 Å². The minimum atomic E-state index is -0.844. The number of hydrogen-bond donors (Lipinski definition) is 2. The van der Waals surface area contributed by atoms with Gasteiger partial charge in [0, 0.05) is 39.1 Å². The van der Waals surface area contributed by atoms with Crippen molar-refractivity contribution < 1.29 is 23.9 Å². The lowest BCUT2D eigenvalue weighted by atomic mass is 9.88. The minimum absolute atomic E-state index is 0.0325. The summed E-state index contributed by atoms with van der Waals surface area (Å²) in [7, 11) is 1.80. The molecule has 1 fully saturated rings. The van der Waals surface area contributed by atoms with Gasteiger partial charge in [-0.05, 0) is 42.4 Å². The van der Waals surface area contributed by atoms with Crippen molar-refractivity contribution in [1.82, 2.24) is 30.5 Å². The molecule has 2 N–H and O–H groups in total. The van der Waals surface area contributed by atoms with Crippen LogP contribution in [0.2, 0.25) is 0 Å². The van der Waals surface area contributed by atoms with Crippen molar-refractivity contribution >= 4 is 24.4 Å². The van der Waals surface area contributed by atoms with E-state index in [-0.39, 0.29) is 44.0 Å². The number of ether oxygens (including phenoxy) is 1. The fraction of sp³-hybridized carbons (Fsp3) is 0.385. The van der Waals surface area contributed by atoms with Crippen LogP contribution in [0.3, 0.4) is 0 Å². The quantitative estimate of drug-likeness (QED) is 0.102. The standard InChI is InChI=1S/C39H50N6O5/c1-4-27-50-39(49)40-25-16-23-35-37(47)43(26-24-34(32-19-12-8-13-20-32)33-21-14-9-15-22-33)29-36(44(35)30-46)45(42(3)5-2)38(48)41-28-31-17-10-6-7-11-18-31/h4,6-10,12-15,17-22,30,34-36H,1,5,11,16,23-29H2,2-3H3,(H,40,49)(H,41,48)/t35-,36?/m0/s1. The van der Waals surface area contributed by atoms with Gasteiger partial charge in [-0.2, -0.15) is 0 Å². The molecule has 0 radical (unpaired) electrons. The Kier molecular flexibility index (Phi) is 14.9. The molecular formula is C39H50N6O5. The Morgan fingerprint density at radius 2 is 1.76 bits per heavy atom. The average Bonchev–Trinajstić information content (AvgIpc) is 3.43. The molecule has 1 aliphatic heterocycles. The highest BCUT2D eigenvalue weighted by atomic mass is 16.5. The van der Waals surface area contributed by atoms with Crippen molar-refractivity contribution in [2.24, 2.45) is 0 Å². The van der Waals surface area contributed by atoms with E-state index in [9.17, 15) is 19.2 Å². The van der Waals surface area contributed by atoms with Crippen LogP contribution in [0.4, 0.5) is 9.59 Å². The van der Waals surface area contributed by atoms with Gasteiger partial charge in [-0.1, -0.05) is 111 Å². The maximum Gasteiger partial charge on any atom is 0.407 e. The van der Waals surface area contributed by atoms with E-state index < -0.39 is 18.3 Å². The molecule has 4 rings (SSSR count). The van der Waals surface area contributed by atoms with Crippen LogP contribution in [-0.4, -0.2) is 103 Å². The van der Waals surface area contributed by atoms with E-state index in [1.165, 1.54) is 11.0 Å². The summed E-state index contributed by atoms with van der Waals surface area (Å²) in [6, 6.07) is 19.2.